The summed E-state index contributed by atoms with van der Waals surface area (Å²) >= 11 is 0. The minimum Gasteiger partial charge on any atom is -0.488 e. The van der Waals surface area contributed by atoms with Gasteiger partial charge in [-0.05, 0) is 37.0 Å². The summed E-state index contributed by atoms with van der Waals surface area (Å²) in [6.07, 6.45) is 5.12. The van der Waals surface area contributed by atoms with E-state index in [1.54, 1.807) is 19.1 Å². The van der Waals surface area contributed by atoms with E-state index in [4.69, 9.17) is 10.5 Å². The van der Waals surface area contributed by atoms with Gasteiger partial charge in [0.15, 0.2) is 11.6 Å². The van der Waals surface area contributed by atoms with Gasteiger partial charge in [0.05, 0.1) is 6.10 Å². The van der Waals surface area contributed by atoms with Crippen molar-refractivity contribution < 1.29 is 14.2 Å². The first kappa shape index (κ1) is 15.3. The van der Waals surface area contributed by atoms with Crippen molar-refractivity contribution in [1.82, 2.24) is 0 Å². The molecule has 1 aliphatic carbocycles. The van der Waals surface area contributed by atoms with Crippen LogP contribution in [0.1, 0.15) is 50.6 Å². The van der Waals surface area contributed by atoms with Crippen molar-refractivity contribution in [2.24, 2.45) is 11.7 Å². The maximum Gasteiger partial charge on any atom is 0.165 e. The predicted molar refractivity (Wildman–Crippen MR) is 77.1 cm³/mol. The number of aliphatic hydroxyl groups excluding tert-OH is 1. The number of aliphatic hydroxyl groups is 1. The molecule has 0 heterocycles. The first-order valence-corrected chi connectivity index (χ1v) is 7.42. The van der Waals surface area contributed by atoms with Gasteiger partial charge in [0, 0.05) is 6.04 Å². The molecule has 4 heteroatoms. The molecule has 1 saturated carbocycles. The lowest BCUT2D eigenvalue weighted by molar-refractivity contribution is 0.0837. The molecule has 1 fully saturated rings. The quantitative estimate of drug-likeness (QED) is 0.842. The Hall–Kier alpha value is -1.13. The number of ether oxygens (including phenoxy) is 1. The second kappa shape index (κ2) is 7.04. The lowest BCUT2D eigenvalue weighted by atomic mass is 10.0. The molecule has 1 unspecified atom stereocenters. The van der Waals surface area contributed by atoms with Crippen LogP contribution < -0.4 is 10.5 Å². The van der Waals surface area contributed by atoms with Gasteiger partial charge in [0.25, 0.3) is 0 Å². The summed E-state index contributed by atoms with van der Waals surface area (Å²) in [6.45, 7) is 1.95. The second-order valence-corrected chi connectivity index (χ2v) is 5.83. The molecule has 0 saturated heterocycles. The molecule has 0 bridgehead atoms. The third-order valence-electron chi connectivity index (χ3n) is 3.99. The Morgan fingerprint density at radius 3 is 2.70 bits per heavy atom. The SMILES string of the molecule is C[C@@H](N)c1ccc(OCC(O)CC2CCCC2)c(F)c1. The Morgan fingerprint density at radius 1 is 1.40 bits per heavy atom. The number of halogens is 1. The van der Waals surface area contributed by atoms with Crippen LogP contribution >= 0.6 is 0 Å². The topological polar surface area (TPSA) is 55.5 Å². The highest BCUT2D eigenvalue weighted by Crippen LogP contribution is 2.29. The Bertz CT molecular complexity index is 430. The first-order valence-electron chi connectivity index (χ1n) is 7.42. The summed E-state index contributed by atoms with van der Waals surface area (Å²) in [5.74, 6) is 0.353. The highest BCUT2D eigenvalue weighted by Gasteiger charge is 2.19. The van der Waals surface area contributed by atoms with Gasteiger partial charge in [-0.25, -0.2) is 4.39 Å². The highest BCUT2D eigenvalue weighted by atomic mass is 19.1. The van der Waals surface area contributed by atoms with Crippen LogP contribution in [-0.4, -0.2) is 17.8 Å². The zero-order valence-electron chi connectivity index (χ0n) is 12.0. The first-order chi connectivity index (χ1) is 9.56. The van der Waals surface area contributed by atoms with Gasteiger partial charge in [-0.1, -0.05) is 31.7 Å². The van der Waals surface area contributed by atoms with Crippen molar-refractivity contribution in [3.8, 4) is 5.75 Å². The zero-order valence-corrected chi connectivity index (χ0v) is 12.0. The number of rotatable bonds is 6. The third kappa shape index (κ3) is 4.18. The van der Waals surface area contributed by atoms with Crippen LogP contribution in [0, 0.1) is 11.7 Å². The van der Waals surface area contributed by atoms with Gasteiger partial charge in [0.2, 0.25) is 0 Å². The summed E-state index contributed by atoms with van der Waals surface area (Å²) in [5.41, 5.74) is 6.44. The average molecular weight is 281 g/mol. The number of hydrogen-bond acceptors (Lipinski definition) is 3. The molecule has 3 nitrogen and oxygen atoms in total. The van der Waals surface area contributed by atoms with E-state index in [2.05, 4.69) is 0 Å². The van der Waals surface area contributed by atoms with Gasteiger partial charge in [-0.15, -0.1) is 0 Å². The van der Waals surface area contributed by atoms with Gasteiger partial charge in [0.1, 0.15) is 6.61 Å². The van der Waals surface area contributed by atoms with E-state index >= 15 is 0 Å². The van der Waals surface area contributed by atoms with Crippen LogP contribution in [0.3, 0.4) is 0 Å². The molecule has 20 heavy (non-hydrogen) atoms. The zero-order chi connectivity index (χ0) is 14.5. The standard InChI is InChI=1S/C16H24FNO2/c1-11(18)13-6-7-16(15(17)9-13)20-10-14(19)8-12-4-2-3-5-12/h6-7,9,11-12,14,19H,2-5,8,10,18H2,1H3/t11-,14?/m1/s1. The van der Waals surface area contributed by atoms with Gasteiger partial charge in [-0.2, -0.15) is 0 Å². The summed E-state index contributed by atoms with van der Waals surface area (Å²) < 4.78 is 19.2. The molecule has 2 atom stereocenters. The molecule has 0 aromatic heterocycles. The Balaban J connectivity index is 1.83. The van der Waals surface area contributed by atoms with Crippen LogP contribution in [0.25, 0.3) is 0 Å². The van der Waals surface area contributed by atoms with E-state index in [-0.39, 0.29) is 18.4 Å². The molecule has 1 aromatic carbocycles. The normalized spacial score (nSPS) is 19.0. The number of nitrogens with two attached hydrogens (primary N) is 1. The summed E-state index contributed by atoms with van der Waals surface area (Å²) in [4.78, 5) is 0. The Labute approximate surface area is 119 Å². The number of benzene rings is 1. The summed E-state index contributed by atoms with van der Waals surface area (Å²) in [5, 5.41) is 9.94. The molecule has 1 aromatic rings. The van der Waals surface area contributed by atoms with Crippen LogP contribution in [0.4, 0.5) is 4.39 Å². The van der Waals surface area contributed by atoms with Crippen molar-refractivity contribution >= 4 is 0 Å². The molecular weight excluding hydrogens is 257 g/mol. The summed E-state index contributed by atoms with van der Waals surface area (Å²) in [7, 11) is 0. The molecule has 0 aliphatic heterocycles. The fourth-order valence-electron chi connectivity index (χ4n) is 2.80. The fraction of sp³-hybridized carbons (Fsp3) is 0.625. The largest absolute Gasteiger partial charge is 0.488 e. The van der Waals surface area contributed by atoms with Crippen LogP contribution in [-0.2, 0) is 0 Å². The van der Waals surface area contributed by atoms with Crippen LogP contribution in [0.2, 0.25) is 0 Å². The van der Waals surface area contributed by atoms with E-state index in [1.165, 1.54) is 31.7 Å². The second-order valence-electron chi connectivity index (χ2n) is 5.83. The molecule has 112 valence electrons. The minimum absolute atomic E-state index is 0.144. The molecule has 1 aliphatic rings. The van der Waals surface area contributed by atoms with Crippen LogP contribution in [0.15, 0.2) is 18.2 Å². The van der Waals surface area contributed by atoms with Gasteiger partial charge < -0.3 is 15.6 Å². The van der Waals surface area contributed by atoms with E-state index < -0.39 is 11.9 Å². The lowest BCUT2D eigenvalue weighted by Gasteiger charge is -2.16. The lowest BCUT2D eigenvalue weighted by Crippen LogP contribution is -2.20. The monoisotopic (exact) mass is 281 g/mol. The minimum atomic E-state index is -0.523. The van der Waals surface area contributed by atoms with Gasteiger partial charge in [-0.3, -0.25) is 0 Å². The smallest absolute Gasteiger partial charge is 0.165 e. The van der Waals surface area contributed by atoms with Crippen molar-refractivity contribution in [3.63, 3.8) is 0 Å². The molecule has 0 radical (unpaired) electrons. The van der Waals surface area contributed by atoms with Crippen molar-refractivity contribution in [3.05, 3.63) is 29.6 Å². The predicted octanol–water partition coefficient (Wildman–Crippen LogP) is 3.17. The average Bonchev–Trinajstić information content (AvgIpc) is 2.90. The maximum atomic E-state index is 13.8. The molecule has 0 spiro atoms. The molecule has 3 N–H and O–H groups in total. The van der Waals surface area contributed by atoms with Crippen molar-refractivity contribution in [2.75, 3.05) is 6.61 Å². The fourth-order valence-corrected chi connectivity index (χ4v) is 2.80. The van der Waals surface area contributed by atoms with E-state index in [0.717, 1.165) is 12.0 Å². The molecular formula is C16H24FNO2. The van der Waals surface area contributed by atoms with E-state index in [1.807, 2.05) is 0 Å². The van der Waals surface area contributed by atoms with E-state index in [9.17, 15) is 9.50 Å². The Morgan fingerprint density at radius 2 is 2.10 bits per heavy atom. The molecule has 0 amide bonds. The van der Waals surface area contributed by atoms with E-state index in [0.29, 0.717) is 5.92 Å². The molecule has 2 rings (SSSR count). The van der Waals surface area contributed by atoms with Gasteiger partial charge >= 0.3 is 0 Å². The third-order valence-corrected chi connectivity index (χ3v) is 3.99. The highest BCUT2D eigenvalue weighted by molar-refractivity contribution is 5.30. The van der Waals surface area contributed by atoms with Crippen molar-refractivity contribution in [1.29, 1.82) is 0 Å². The van der Waals surface area contributed by atoms with Crippen molar-refractivity contribution in [2.45, 2.75) is 51.2 Å². The maximum absolute atomic E-state index is 13.8. The Kier molecular flexibility index (Phi) is 5.38. The van der Waals surface area contributed by atoms with Crippen LogP contribution in [0.5, 0.6) is 5.75 Å². The summed E-state index contributed by atoms with van der Waals surface area (Å²) in [6, 6.07) is 4.53. The number of hydrogen-bond donors (Lipinski definition) is 2.